The third-order valence-corrected chi connectivity index (χ3v) is 1.53. The monoisotopic (exact) mass is 222 g/mol. The molecule has 0 aromatic heterocycles. The number of unbranched alkanes of at least 4 members (excludes halogenated alkanes) is 3. The molecule has 15 heavy (non-hydrogen) atoms. The van der Waals surface area contributed by atoms with Crippen molar-refractivity contribution in [1.82, 2.24) is 0 Å². The minimum atomic E-state index is -4.92. The molecule has 5 heteroatoms. The Morgan fingerprint density at radius 2 is 1.87 bits per heavy atom. The lowest BCUT2D eigenvalue weighted by atomic mass is 10.2. The van der Waals surface area contributed by atoms with Crippen LogP contribution in [0.2, 0.25) is 0 Å². The van der Waals surface area contributed by atoms with Crippen LogP contribution in [0.5, 0.6) is 0 Å². The Labute approximate surface area is 86.4 Å². The van der Waals surface area contributed by atoms with Gasteiger partial charge < -0.3 is 4.74 Å². The van der Waals surface area contributed by atoms with Crippen LogP contribution < -0.4 is 0 Å². The average Bonchev–Trinajstić information content (AvgIpc) is 2.14. The highest BCUT2D eigenvalue weighted by Crippen LogP contribution is 2.16. The predicted molar refractivity (Wildman–Crippen MR) is 50.0 cm³/mol. The number of hydrogen-bond donors (Lipinski definition) is 0. The fourth-order valence-electron chi connectivity index (χ4n) is 0.796. The van der Waals surface area contributed by atoms with Crippen LogP contribution in [-0.2, 0) is 9.53 Å². The van der Waals surface area contributed by atoms with Gasteiger partial charge in [-0.05, 0) is 31.8 Å². The molecule has 0 rings (SSSR count). The highest BCUT2D eigenvalue weighted by molar-refractivity contribution is 5.76. The fourth-order valence-corrected chi connectivity index (χ4v) is 0.796. The Morgan fingerprint density at radius 3 is 2.40 bits per heavy atom. The summed E-state index contributed by atoms with van der Waals surface area (Å²) in [6, 6.07) is 0. The molecule has 0 aromatic carbocycles. The van der Waals surface area contributed by atoms with Crippen LogP contribution in [0.25, 0.3) is 0 Å². The lowest BCUT2D eigenvalue weighted by Crippen LogP contribution is -2.23. The lowest BCUT2D eigenvalue weighted by molar-refractivity contribution is -0.193. The second kappa shape index (κ2) is 7.09. The highest BCUT2D eigenvalue weighted by atomic mass is 19.4. The molecular weight excluding hydrogens is 209 g/mol. The summed E-state index contributed by atoms with van der Waals surface area (Å²) in [5.41, 5.74) is 0. The molecule has 0 aliphatic heterocycles. The first-order valence-electron chi connectivity index (χ1n) is 4.52. The Kier molecular flexibility index (Phi) is 6.49. The summed E-state index contributed by atoms with van der Waals surface area (Å²) in [5, 5.41) is 0. The van der Waals surface area contributed by atoms with Gasteiger partial charge in [-0.2, -0.15) is 13.2 Å². The van der Waals surface area contributed by atoms with Crippen molar-refractivity contribution in [3.8, 4) is 0 Å². The van der Waals surface area contributed by atoms with E-state index in [0.717, 1.165) is 25.5 Å². The van der Waals surface area contributed by atoms with Gasteiger partial charge in [0.05, 0.1) is 6.26 Å². The fraction of sp³-hybridized carbons (Fsp3) is 0.500. The van der Waals surface area contributed by atoms with Gasteiger partial charge in [0.2, 0.25) is 0 Å². The first-order chi connectivity index (χ1) is 6.98. The Hall–Kier alpha value is -1.26. The number of ether oxygens (including phenoxy) is 1. The summed E-state index contributed by atoms with van der Waals surface area (Å²) < 4.78 is 38.7. The number of alkyl halides is 3. The van der Waals surface area contributed by atoms with Crippen molar-refractivity contribution in [1.29, 1.82) is 0 Å². The Balaban J connectivity index is 3.55. The number of halogens is 3. The highest BCUT2D eigenvalue weighted by Gasteiger charge is 2.40. The summed E-state index contributed by atoms with van der Waals surface area (Å²) in [4.78, 5) is 10.2. The minimum absolute atomic E-state index is 0.582. The number of carbonyl (C=O) groups excluding carboxylic acids is 1. The van der Waals surface area contributed by atoms with E-state index in [0.29, 0.717) is 6.42 Å². The molecule has 0 heterocycles. The van der Waals surface area contributed by atoms with Crippen LogP contribution in [0, 0.1) is 0 Å². The molecule has 0 spiro atoms. The summed E-state index contributed by atoms with van der Waals surface area (Å²) >= 11 is 0. The van der Waals surface area contributed by atoms with Crippen LogP contribution >= 0.6 is 0 Å². The first-order valence-corrected chi connectivity index (χ1v) is 4.52. The van der Waals surface area contributed by atoms with Gasteiger partial charge in [0.15, 0.2) is 0 Å². The second-order valence-corrected chi connectivity index (χ2v) is 2.85. The van der Waals surface area contributed by atoms with Crippen LogP contribution in [0.15, 0.2) is 25.0 Å². The molecule has 0 aromatic rings. The van der Waals surface area contributed by atoms with E-state index in [1.165, 1.54) is 6.08 Å². The van der Waals surface area contributed by atoms with Crippen molar-refractivity contribution in [2.24, 2.45) is 0 Å². The molecule has 0 N–H and O–H groups in total. The third kappa shape index (κ3) is 7.78. The molecule has 0 fully saturated rings. The quantitative estimate of drug-likeness (QED) is 0.298. The lowest BCUT2D eigenvalue weighted by Gasteiger charge is -2.01. The molecule has 0 unspecified atom stereocenters. The molecule has 86 valence electrons. The van der Waals surface area contributed by atoms with Crippen LogP contribution in [0.3, 0.4) is 0 Å². The van der Waals surface area contributed by atoms with E-state index in [9.17, 15) is 18.0 Å². The van der Waals surface area contributed by atoms with E-state index in [1.807, 2.05) is 0 Å². The van der Waals surface area contributed by atoms with E-state index in [2.05, 4.69) is 11.3 Å². The van der Waals surface area contributed by atoms with Crippen molar-refractivity contribution >= 4 is 5.97 Å². The Morgan fingerprint density at radius 1 is 1.27 bits per heavy atom. The summed E-state index contributed by atoms with van der Waals surface area (Å²) in [6.45, 7) is 3.53. The number of rotatable bonds is 6. The van der Waals surface area contributed by atoms with Gasteiger partial charge in [0.1, 0.15) is 0 Å². The molecule has 0 radical (unpaired) electrons. The molecule has 0 saturated carbocycles. The number of esters is 1. The predicted octanol–water partition coefficient (Wildman–Crippen LogP) is 3.35. The van der Waals surface area contributed by atoms with Crippen molar-refractivity contribution in [2.75, 3.05) is 0 Å². The van der Waals surface area contributed by atoms with E-state index >= 15 is 0 Å². The van der Waals surface area contributed by atoms with Crippen molar-refractivity contribution in [3.63, 3.8) is 0 Å². The van der Waals surface area contributed by atoms with Gasteiger partial charge in [-0.25, -0.2) is 4.79 Å². The molecule has 2 nitrogen and oxygen atoms in total. The number of allylic oxidation sites excluding steroid dienone is 2. The summed E-state index contributed by atoms with van der Waals surface area (Å²) in [6.07, 6.45) is 2.22. The van der Waals surface area contributed by atoms with E-state index in [-0.39, 0.29) is 0 Å². The maximum Gasteiger partial charge on any atom is 0.491 e. The van der Waals surface area contributed by atoms with Gasteiger partial charge in [0, 0.05) is 0 Å². The van der Waals surface area contributed by atoms with Crippen LogP contribution in [0.4, 0.5) is 13.2 Å². The van der Waals surface area contributed by atoms with Crippen LogP contribution in [-0.4, -0.2) is 12.1 Å². The van der Waals surface area contributed by atoms with Gasteiger partial charge >= 0.3 is 12.1 Å². The topological polar surface area (TPSA) is 26.3 Å². The largest absolute Gasteiger partial charge is 0.491 e. The maximum atomic E-state index is 11.6. The average molecular weight is 222 g/mol. The number of hydrogen-bond acceptors (Lipinski definition) is 2. The zero-order chi connectivity index (χ0) is 11.7. The SMILES string of the molecule is C=CCCCCC=COC(=O)C(F)(F)F. The smallest absolute Gasteiger partial charge is 0.428 e. The molecule has 0 amide bonds. The number of carbonyl (C=O) groups is 1. The summed E-state index contributed by atoms with van der Waals surface area (Å²) in [5.74, 6) is -2.19. The van der Waals surface area contributed by atoms with Crippen LogP contribution in [0.1, 0.15) is 25.7 Å². The molecule has 0 atom stereocenters. The molecule has 0 saturated heterocycles. The summed E-state index contributed by atoms with van der Waals surface area (Å²) in [7, 11) is 0. The van der Waals surface area contributed by atoms with Gasteiger partial charge in [-0.1, -0.05) is 6.08 Å². The molecule has 0 bridgehead atoms. The maximum absolute atomic E-state index is 11.6. The Bertz CT molecular complexity index is 231. The van der Waals surface area contributed by atoms with E-state index in [4.69, 9.17) is 0 Å². The first kappa shape index (κ1) is 13.7. The normalized spacial score (nSPS) is 11.7. The second-order valence-electron chi connectivity index (χ2n) is 2.85. The van der Waals surface area contributed by atoms with Gasteiger partial charge in [-0.15, -0.1) is 6.58 Å². The van der Waals surface area contributed by atoms with Crippen molar-refractivity contribution < 1.29 is 22.7 Å². The van der Waals surface area contributed by atoms with Crippen molar-refractivity contribution in [2.45, 2.75) is 31.9 Å². The standard InChI is InChI=1S/C10H13F3O2/c1-2-3-4-5-6-7-8-15-9(14)10(11,12)13/h2,7-8H,1,3-6H2. The zero-order valence-corrected chi connectivity index (χ0v) is 8.22. The zero-order valence-electron chi connectivity index (χ0n) is 8.22. The van der Waals surface area contributed by atoms with Crippen molar-refractivity contribution in [3.05, 3.63) is 25.0 Å². The van der Waals surface area contributed by atoms with E-state index < -0.39 is 12.1 Å². The molecule has 0 aliphatic carbocycles. The third-order valence-electron chi connectivity index (χ3n) is 1.53. The molecular formula is C10H13F3O2. The van der Waals surface area contributed by atoms with Gasteiger partial charge in [-0.3, -0.25) is 0 Å². The minimum Gasteiger partial charge on any atom is -0.428 e. The van der Waals surface area contributed by atoms with Gasteiger partial charge in [0.25, 0.3) is 0 Å². The molecule has 0 aliphatic rings. The van der Waals surface area contributed by atoms with E-state index in [1.54, 1.807) is 6.08 Å².